The van der Waals surface area contributed by atoms with Crippen LogP contribution in [0.5, 0.6) is 0 Å². The molecule has 0 aliphatic heterocycles. The summed E-state index contributed by atoms with van der Waals surface area (Å²) in [4.78, 5) is 11.0. The van der Waals surface area contributed by atoms with Crippen LogP contribution in [0.15, 0.2) is 4.42 Å². The molecule has 0 bridgehead atoms. The molecule has 1 aromatic heterocycles. The van der Waals surface area contributed by atoms with Crippen molar-refractivity contribution in [1.82, 2.24) is 10.2 Å². The fourth-order valence-electron chi connectivity index (χ4n) is 0.969. The highest BCUT2D eigenvalue weighted by Gasteiger charge is 2.15. The van der Waals surface area contributed by atoms with Gasteiger partial charge in [0.25, 0.3) is 0 Å². The fraction of sp³-hybridized carbons (Fsp3) is 0.667. The molecule has 1 aromatic rings. The van der Waals surface area contributed by atoms with Gasteiger partial charge >= 0.3 is 11.9 Å². The smallest absolute Gasteiger partial charge is 0.396 e. The first-order valence-electron chi connectivity index (χ1n) is 4.61. The lowest BCUT2D eigenvalue weighted by atomic mass is 10.2. The summed E-state index contributed by atoms with van der Waals surface area (Å²) in [5, 5.41) is 7.28. The topological polar surface area (TPSA) is 74.5 Å². The summed E-state index contributed by atoms with van der Waals surface area (Å²) < 4.78 is 14.6. The van der Waals surface area contributed by atoms with Gasteiger partial charge < -0.3 is 13.9 Å². The molecule has 0 spiro atoms. The minimum atomic E-state index is -0.617. The summed E-state index contributed by atoms with van der Waals surface area (Å²) in [5.41, 5.74) is 0. The summed E-state index contributed by atoms with van der Waals surface area (Å²) in [6, 6.07) is 0. The van der Waals surface area contributed by atoms with Crippen molar-refractivity contribution in [2.24, 2.45) is 0 Å². The molecule has 1 atom stereocenters. The lowest BCUT2D eigenvalue weighted by molar-refractivity contribution is 0.0553. The number of aromatic nitrogens is 2. The standard InChI is InChI=1S/C9H14N2O4/c1-6(13-2)4-5-7-10-11-8(15-7)9(12)14-3/h6H,4-5H2,1-3H3. The van der Waals surface area contributed by atoms with Crippen LogP contribution in [-0.4, -0.2) is 36.5 Å². The zero-order valence-corrected chi connectivity index (χ0v) is 9.02. The number of esters is 1. The number of aryl methyl sites for hydroxylation is 1. The molecule has 0 aliphatic carbocycles. The second-order valence-corrected chi connectivity index (χ2v) is 3.08. The summed E-state index contributed by atoms with van der Waals surface area (Å²) >= 11 is 0. The second-order valence-electron chi connectivity index (χ2n) is 3.08. The lowest BCUT2D eigenvalue weighted by Crippen LogP contribution is -2.05. The van der Waals surface area contributed by atoms with E-state index in [1.807, 2.05) is 6.92 Å². The monoisotopic (exact) mass is 214 g/mol. The number of carbonyl (C=O) groups excluding carboxylic acids is 1. The molecule has 84 valence electrons. The van der Waals surface area contributed by atoms with E-state index < -0.39 is 5.97 Å². The molecule has 0 radical (unpaired) electrons. The van der Waals surface area contributed by atoms with E-state index in [1.54, 1.807) is 7.11 Å². The van der Waals surface area contributed by atoms with E-state index in [2.05, 4.69) is 14.9 Å². The maximum atomic E-state index is 11.0. The summed E-state index contributed by atoms with van der Waals surface area (Å²) in [6.45, 7) is 1.94. The van der Waals surface area contributed by atoms with Crippen LogP contribution >= 0.6 is 0 Å². The Morgan fingerprint density at radius 1 is 1.47 bits per heavy atom. The van der Waals surface area contributed by atoms with E-state index in [4.69, 9.17) is 9.15 Å². The zero-order valence-electron chi connectivity index (χ0n) is 9.02. The van der Waals surface area contributed by atoms with E-state index in [1.165, 1.54) is 7.11 Å². The van der Waals surface area contributed by atoms with Gasteiger partial charge in [0.2, 0.25) is 5.89 Å². The van der Waals surface area contributed by atoms with Crippen LogP contribution in [-0.2, 0) is 15.9 Å². The Kier molecular flexibility index (Phi) is 4.23. The van der Waals surface area contributed by atoms with Gasteiger partial charge in [0.1, 0.15) is 0 Å². The van der Waals surface area contributed by atoms with Gasteiger partial charge in [0, 0.05) is 13.5 Å². The molecule has 6 nitrogen and oxygen atoms in total. The Bertz CT molecular complexity index is 324. The van der Waals surface area contributed by atoms with Crippen molar-refractivity contribution in [3.05, 3.63) is 11.8 Å². The van der Waals surface area contributed by atoms with Crippen LogP contribution < -0.4 is 0 Å². The van der Waals surface area contributed by atoms with E-state index in [0.717, 1.165) is 6.42 Å². The van der Waals surface area contributed by atoms with Gasteiger partial charge in [-0.3, -0.25) is 0 Å². The molecule has 0 aliphatic rings. The van der Waals surface area contributed by atoms with Gasteiger partial charge in [0.05, 0.1) is 13.2 Å². The van der Waals surface area contributed by atoms with Crippen molar-refractivity contribution < 1.29 is 18.7 Å². The zero-order chi connectivity index (χ0) is 11.3. The fourth-order valence-corrected chi connectivity index (χ4v) is 0.969. The minimum Gasteiger partial charge on any atom is -0.462 e. The van der Waals surface area contributed by atoms with Crippen molar-refractivity contribution in [3.8, 4) is 0 Å². The number of nitrogens with zero attached hydrogens (tertiary/aromatic N) is 2. The molecule has 1 unspecified atom stereocenters. The molecule has 0 aromatic carbocycles. The average Bonchev–Trinajstić information content (AvgIpc) is 2.73. The normalized spacial score (nSPS) is 12.5. The molecule has 6 heteroatoms. The highest BCUT2D eigenvalue weighted by molar-refractivity contribution is 5.83. The van der Waals surface area contributed by atoms with E-state index in [-0.39, 0.29) is 12.0 Å². The van der Waals surface area contributed by atoms with Gasteiger partial charge in [-0.2, -0.15) is 0 Å². The van der Waals surface area contributed by atoms with Crippen LogP contribution in [0.2, 0.25) is 0 Å². The van der Waals surface area contributed by atoms with Crippen LogP contribution in [0.1, 0.15) is 29.9 Å². The van der Waals surface area contributed by atoms with Crippen molar-refractivity contribution in [1.29, 1.82) is 0 Å². The van der Waals surface area contributed by atoms with Gasteiger partial charge in [-0.25, -0.2) is 4.79 Å². The lowest BCUT2D eigenvalue weighted by Gasteiger charge is -2.05. The third-order valence-corrected chi connectivity index (χ3v) is 1.99. The Hall–Kier alpha value is -1.43. The SMILES string of the molecule is COC(=O)c1nnc(CCC(C)OC)o1. The Labute approximate surface area is 87.6 Å². The largest absolute Gasteiger partial charge is 0.462 e. The number of rotatable bonds is 5. The summed E-state index contributed by atoms with van der Waals surface area (Å²) in [7, 11) is 2.90. The third kappa shape index (κ3) is 3.32. The average molecular weight is 214 g/mol. The van der Waals surface area contributed by atoms with Crippen LogP contribution in [0, 0.1) is 0 Å². The maximum absolute atomic E-state index is 11.0. The van der Waals surface area contributed by atoms with Gasteiger partial charge in [-0.05, 0) is 13.3 Å². The van der Waals surface area contributed by atoms with E-state index in [9.17, 15) is 4.79 Å². The molecule has 15 heavy (non-hydrogen) atoms. The molecule has 1 rings (SSSR count). The van der Waals surface area contributed by atoms with Gasteiger partial charge in [0.15, 0.2) is 0 Å². The van der Waals surface area contributed by atoms with Crippen LogP contribution in [0.4, 0.5) is 0 Å². The first kappa shape index (κ1) is 11.6. The molecular formula is C9H14N2O4. The molecule has 0 saturated carbocycles. The molecule has 0 amide bonds. The number of hydrogen-bond donors (Lipinski definition) is 0. The van der Waals surface area contributed by atoms with Gasteiger partial charge in [-0.15, -0.1) is 10.2 Å². The van der Waals surface area contributed by atoms with Gasteiger partial charge in [-0.1, -0.05) is 0 Å². The first-order chi connectivity index (χ1) is 7.17. The third-order valence-electron chi connectivity index (χ3n) is 1.99. The van der Waals surface area contributed by atoms with Crippen LogP contribution in [0.25, 0.3) is 0 Å². The highest BCUT2D eigenvalue weighted by atomic mass is 16.5. The van der Waals surface area contributed by atoms with E-state index in [0.29, 0.717) is 12.3 Å². The predicted octanol–water partition coefficient (Wildman–Crippen LogP) is 0.824. The maximum Gasteiger partial charge on any atom is 0.396 e. The van der Waals surface area contributed by atoms with Crippen molar-refractivity contribution in [2.45, 2.75) is 25.9 Å². The summed E-state index contributed by atoms with van der Waals surface area (Å²) in [6.07, 6.45) is 1.47. The molecule has 0 N–H and O–H groups in total. The highest BCUT2D eigenvalue weighted by Crippen LogP contribution is 2.06. The number of methoxy groups -OCH3 is 2. The summed E-state index contributed by atoms with van der Waals surface area (Å²) in [5.74, 6) is -0.314. The van der Waals surface area contributed by atoms with Crippen molar-refractivity contribution in [3.63, 3.8) is 0 Å². The molecule has 0 saturated heterocycles. The minimum absolute atomic E-state index is 0.113. The Morgan fingerprint density at radius 3 is 2.80 bits per heavy atom. The van der Waals surface area contributed by atoms with E-state index >= 15 is 0 Å². The second kappa shape index (κ2) is 5.45. The molecular weight excluding hydrogens is 200 g/mol. The Morgan fingerprint density at radius 2 is 2.20 bits per heavy atom. The number of carbonyl (C=O) groups is 1. The quantitative estimate of drug-likeness (QED) is 0.675. The van der Waals surface area contributed by atoms with Crippen LogP contribution in [0.3, 0.4) is 0 Å². The number of hydrogen-bond acceptors (Lipinski definition) is 6. The predicted molar refractivity (Wildman–Crippen MR) is 50.4 cm³/mol. The van der Waals surface area contributed by atoms with Crippen molar-refractivity contribution in [2.75, 3.05) is 14.2 Å². The molecule has 1 heterocycles. The Balaban J connectivity index is 2.49. The number of ether oxygens (including phenoxy) is 2. The molecule has 0 fully saturated rings. The first-order valence-corrected chi connectivity index (χ1v) is 4.61. The van der Waals surface area contributed by atoms with Crippen molar-refractivity contribution >= 4 is 5.97 Å².